The lowest BCUT2D eigenvalue weighted by Crippen LogP contribution is -2.48. The molecule has 2 fully saturated rings. The minimum atomic E-state index is 0.134. The Morgan fingerprint density at radius 1 is 1.16 bits per heavy atom. The number of nitrogens with zero attached hydrogens (tertiary/aromatic N) is 2. The molecule has 1 aromatic carbocycles. The molecule has 2 bridgehead atoms. The quantitative estimate of drug-likeness (QED) is 0.681. The third-order valence-corrected chi connectivity index (χ3v) is 5.71. The van der Waals surface area contributed by atoms with Crippen molar-refractivity contribution in [3.8, 4) is 0 Å². The van der Waals surface area contributed by atoms with Crippen LogP contribution < -0.4 is 0 Å². The molecule has 2 aliphatic rings. The molecular formula is C21H30N2O2. The first-order valence-electron chi connectivity index (χ1n) is 9.54. The van der Waals surface area contributed by atoms with Crippen LogP contribution in [0.1, 0.15) is 49.5 Å². The van der Waals surface area contributed by atoms with Crippen LogP contribution in [-0.4, -0.2) is 59.6 Å². The van der Waals surface area contributed by atoms with Crippen LogP contribution in [0.5, 0.6) is 0 Å². The van der Waals surface area contributed by atoms with Gasteiger partial charge in [-0.25, -0.2) is 0 Å². The SMILES string of the molecule is CC(=O)c1cccc(CCCN2C[C@@H]3C[C@H]2CN3CC(=O)C(C)C)c1. The van der Waals surface area contributed by atoms with Crippen molar-refractivity contribution in [2.45, 2.75) is 52.1 Å². The van der Waals surface area contributed by atoms with Gasteiger partial charge in [0.1, 0.15) is 5.78 Å². The van der Waals surface area contributed by atoms with Crippen LogP contribution in [0.25, 0.3) is 0 Å². The molecule has 2 saturated heterocycles. The maximum atomic E-state index is 12.0. The number of fused-ring (bicyclic) bond motifs is 2. The first-order chi connectivity index (χ1) is 11.9. The Morgan fingerprint density at radius 2 is 1.88 bits per heavy atom. The van der Waals surface area contributed by atoms with E-state index in [0.717, 1.165) is 38.0 Å². The molecule has 1 aromatic rings. The van der Waals surface area contributed by atoms with E-state index in [1.54, 1.807) is 6.92 Å². The average Bonchev–Trinajstić information content (AvgIpc) is 3.15. The average molecular weight is 342 g/mol. The Morgan fingerprint density at radius 3 is 2.52 bits per heavy atom. The van der Waals surface area contributed by atoms with Crippen LogP contribution in [-0.2, 0) is 11.2 Å². The summed E-state index contributed by atoms with van der Waals surface area (Å²) in [5.41, 5.74) is 2.06. The lowest BCUT2D eigenvalue weighted by Gasteiger charge is -2.34. The minimum absolute atomic E-state index is 0.134. The molecular weight excluding hydrogens is 312 g/mol. The van der Waals surface area contributed by atoms with Crippen molar-refractivity contribution in [3.05, 3.63) is 35.4 Å². The fourth-order valence-corrected chi connectivity index (χ4v) is 4.11. The van der Waals surface area contributed by atoms with Crippen molar-refractivity contribution in [2.24, 2.45) is 5.92 Å². The van der Waals surface area contributed by atoms with Gasteiger partial charge >= 0.3 is 0 Å². The molecule has 4 heteroatoms. The molecule has 0 aliphatic carbocycles. The zero-order valence-electron chi connectivity index (χ0n) is 15.7. The van der Waals surface area contributed by atoms with Crippen molar-refractivity contribution in [2.75, 3.05) is 26.2 Å². The zero-order chi connectivity index (χ0) is 18.0. The van der Waals surface area contributed by atoms with Crippen LogP contribution in [0, 0.1) is 5.92 Å². The largest absolute Gasteiger partial charge is 0.298 e. The van der Waals surface area contributed by atoms with E-state index in [4.69, 9.17) is 0 Å². The second kappa shape index (κ2) is 7.79. The Bertz CT molecular complexity index is 641. The Labute approximate surface area is 151 Å². The van der Waals surface area contributed by atoms with Gasteiger partial charge in [-0.1, -0.05) is 32.0 Å². The molecule has 2 aliphatic heterocycles. The molecule has 0 amide bonds. The Kier molecular flexibility index (Phi) is 5.70. The molecule has 25 heavy (non-hydrogen) atoms. The van der Waals surface area contributed by atoms with Crippen molar-refractivity contribution in [1.29, 1.82) is 0 Å². The van der Waals surface area contributed by atoms with Crippen LogP contribution in [0.3, 0.4) is 0 Å². The number of carbonyl (C=O) groups excluding carboxylic acids is 2. The normalized spacial score (nSPS) is 23.5. The van der Waals surface area contributed by atoms with E-state index >= 15 is 0 Å². The van der Waals surface area contributed by atoms with E-state index in [1.165, 1.54) is 12.0 Å². The number of carbonyl (C=O) groups is 2. The predicted octanol–water partition coefficient (Wildman–Crippen LogP) is 2.81. The zero-order valence-corrected chi connectivity index (χ0v) is 15.7. The molecule has 0 N–H and O–H groups in total. The van der Waals surface area contributed by atoms with Crippen LogP contribution >= 0.6 is 0 Å². The van der Waals surface area contributed by atoms with Gasteiger partial charge < -0.3 is 0 Å². The van der Waals surface area contributed by atoms with Gasteiger partial charge in [-0.3, -0.25) is 19.4 Å². The van der Waals surface area contributed by atoms with Gasteiger partial charge in [-0.2, -0.15) is 0 Å². The highest BCUT2D eigenvalue weighted by Crippen LogP contribution is 2.30. The van der Waals surface area contributed by atoms with Gasteiger partial charge in [-0.15, -0.1) is 0 Å². The molecule has 136 valence electrons. The van der Waals surface area contributed by atoms with Gasteiger partial charge in [0, 0.05) is 36.7 Å². The first-order valence-corrected chi connectivity index (χ1v) is 9.54. The third-order valence-electron chi connectivity index (χ3n) is 5.71. The summed E-state index contributed by atoms with van der Waals surface area (Å²) in [6, 6.07) is 9.19. The summed E-state index contributed by atoms with van der Waals surface area (Å²) in [4.78, 5) is 28.4. The highest BCUT2D eigenvalue weighted by molar-refractivity contribution is 5.94. The lowest BCUT2D eigenvalue weighted by atomic mass is 10.0. The minimum Gasteiger partial charge on any atom is -0.298 e. The molecule has 2 atom stereocenters. The number of piperazine rings is 1. The third kappa shape index (κ3) is 4.36. The number of likely N-dealkylation sites (tertiary alicyclic amines) is 2. The van der Waals surface area contributed by atoms with E-state index < -0.39 is 0 Å². The van der Waals surface area contributed by atoms with Crippen LogP contribution in [0.15, 0.2) is 24.3 Å². The van der Waals surface area contributed by atoms with Gasteiger partial charge in [0.15, 0.2) is 5.78 Å². The second-order valence-electron chi connectivity index (χ2n) is 7.95. The van der Waals surface area contributed by atoms with Gasteiger partial charge in [0.2, 0.25) is 0 Å². The summed E-state index contributed by atoms with van der Waals surface area (Å²) in [6.45, 7) is 9.48. The number of benzene rings is 1. The highest BCUT2D eigenvalue weighted by Gasteiger charge is 2.43. The Balaban J connectivity index is 1.44. The fourth-order valence-electron chi connectivity index (χ4n) is 4.11. The van der Waals surface area contributed by atoms with Crippen molar-refractivity contribution in [1.82, 2.24) is 9.80 Å². The Hall–Kier alpha value is -1.52. The summed E-state index contributed by atoms with van der Waals surface area (Å²) in [5.74, 6) is 0.639. The second-order valence-corrected chi connectivity index (χ2v) is 7.95. The number of ketones is 2. The van der Waals surface area contributed by atoms with Crippen LogP contribution in [0.4, 0.5) is 0 Å². The first kappa shape index (κ1) is 18.3. The standard InChI is InChI=1S/C21H30N2O2/c1-15(2)21(25)14-23-13-19-11-20(23)12-22(19)9-5-7-17-6-4-8-18(10-17)16(3)24/h4,6,8,10,15,19-20H,5,7,9,11-14H2,1-3H3/t19-,20-/m0/s1. The van der Waals surface area contributed by atoms with Crippen molar-refractivity contribution in [3.63, 3.8) is 0 Å². The van der Waals surface area contributed by atoms with Crippen LogP contribution in [0.2, 0.25) is 0 Å². The smallest absolute Gasteiger partial charge is 0.159 e. The number of Topliss-reactive ketones (excluding diaryl/α,β-unsaturated/α-hetero) is 2. The van der Waals surface area contributed by atoms with E-state index in [9.17, 15) is 9.59 Å². The van der Waals surface area contributed by atoms with Crippen molar-refractivity contribution >= 4 is 11.6 Å². The fraction of sp³-hybridized carbons (Fsp3) is 0.619. The number of hydrogen-bond acceptors (Lipinski definition) is 4. The van der Waals surface area contributed by atoms with Gasteiger partial charge in [0.25, 0.3) is 0 Å². The van der Waals surface area contributed by atoms with E-state index in [2.05, 4.69) is 15.9 Å². The maximum Gasteiger partial charge on any atom is 0.159 e. The lowest BCUT2D eigenvalue weighted by molar-refractivity contribution is -0.123. The summed E-state index contributed by atoms with van der Waals surface area (Å²) in [5, 5.41) is 0. The summed E-state index contributed by atoms with van der Waals surface area (Å²) < 4.78 is 0. The predicted molar refractivity (Wildman–Crippen MR) is 100.0 cm³/mol. The van der Waals surface area contributed by atoms with Gasteiger partial charge in [-0.05, 0) is 44.4 Å². The molecule has 3 rings (SSSR count). The monoisotopic (exact) mass is 342 g/mol. The van der Waals surface area contributed by atoms with E-state index in [-0.39, 0.29) is 11.7 Å². The van der Waals surface area contributed by atoms with E-state index in [0.29, 0.717) is 24.4 Å². The molecule has 0 unspecified atom stereocenters. The summed E-state index contributed by atoms with van der Waals surface area (Å²) in [6.07, 6.45) is 3.35. The molecule has 0 aromatic heterocycles. The highest BCUT2D eigenvalue weighted by atomic mass is 16.1. The molecule has 0 spiro atoms. The molecule has 4 nitrogen and oxygen atoms in total. The van der Waals surface area contributed by atoms with E-state index in [1.807, 2.05) is 32.0 Å². The topological polar surface area (TPSA) is 40.6 Å². The molecule has 0 radical (unpaired) electrons. The maximum absolute atomic E-state index is 12.0. The summed E-state index contributed by atoms with van der Waals surface area (Å²) in [7, 11) is 0. The van der Waals surface area contributed by atoms with Crippen molar-refractivity contribution < 1.29 is 9.59 Å². The number of aryl methyl sites for hydroxylation is 1. The molecule has 0 saturated carbocycles. The number of rotatable bonds is 8. The summed E-state index contributed by atoms with van der Waals surface area (Å²) >= 11 is 0. The number of hydrogen-bond donors (Lipinski definition) is 0. The molecule has 2 heterocycles. The van der Waals surface area contributed by atoms with Gasteiger partial charge in [0.05, 0.1) is 6.54 Å².